The number of anilines is 1. The van der Waals surface area contributed by atoms with E-state index in [1.165, 1.54) is 0 Å². The van der Waals surface area contributed by atoms with Gasteiger partial charge in [0.05, 0.1) is 24.9 Å². The number of rotatable bonds is 5. The monoisotopic (exact) mass is 326 g/mol. The van der Waals surface area contributed by atoms with E-state index >= 15 is 0 Å². The third-order valence-electron chi connectivity index (χ3n) is 2.18. The molecule has 0 bridgehead atoms. The fraction of sp³-hybridized carbons (Fsp3) is 0.200. The van der Waals surface area contributed by atoms with Crippen LogP contribution in [0.25, 0.3) is 0 Å². The molecule has 19 heavy (non-hydrogen) atoms. The molecule has 0 atom stereocenters. The molecule has 0 aliphatic heterocycles. The molecule has 2 aromatic rings. The Morgan fingerprint density at radius 2 is 2.21 bits per heavy atom. The van der Waals surface area contributed by atoms with Crippen molar-refractivity contribution in [3.05, 3.63) is 22.2 Å². The van der Waals surface area contributed by atoms with Crippen LogP contribution in [0.15, 0.2) is 21.7 Å². The van der Waals surface area contributed by atoms with E-state index < -0.39 is 0 Å². The zero-order valence-corrected chi connectivity index (χ0v) is 11.8. The minimum absolute atomic E-state index is 0.288. The average Bonchev–Trinajstić information content (AvgIpc) is 2.91. The predicted octanol–water partition coefficient (Wildman–Crippen LogP) is 1.43. The third-order valence-corrected chi connectivity index (χ3v) is 2.77. The van der Waals surface area contributed by atoms with Crippen molar-refractivity contribution in [1.82, 2.24) is 20.6 Å². The molecular weight excluding hydrogens is 316 g/mol. The third kappa shape index (κ3) is 3.19. The number of H-pyrrole nitrogens is 1. The van der Waals surface area contributed by atoms with Gasteiger partial charge >= 0.3 is 0 Å². The Hall–Kier alpha value is -2.16. The Morgan fingerprint density at radius 1 is 1.37 bits per heavy atom. The Morgan fingerprint density at radius 3 is 2.84 bits per heavy atom. The predicted molar refractivity (Wildman–Crippen MR) is 72.6 cm³/mol. The molecule has 0 aliphatic carbocycles. The van der Waals surface area contributed by atoms with Crippen LogP contribution in [0.4, 0.5) is 5.95 Å². The molecule has 2 rings (SSSR count). The molecule has 0 unspecified atom stereocenters. The van der Waals surface area contributed by atoms with E-state index in [0.29, 0.717) is 11.5 Å². The molecule has 9 heteroatoms. The second-order valence-corrected chi connectivity index (χ2v) is 4.20. The van der Waals surface area contributed by atoms with Crippen molar-refractivity contribution in [3.63, 3.8) is 0 Å². The quantitative estimate of drug-likeness (QED) is 0.637. The van der Waals surface area contributed by atoms with Gasteiger partial charge < -0.3 is 9.47 Å². The molecule has 1 aromatic heterocycles. The van der Waals surface area contributed by atoms with Crippen molar-refractivity contribution in [2.24, 2.45) is 5.10 Å². The fourth-order valence-electron chi connectivity index (χ4n) is 1.39. The second kappa shape index (κ2) is 6.14. The van der Waals surface area contributed by atoms with Crippen LogP contribution in [0.5, 0.6) is 11.5 Å². The summed E-state index contributed by atoms with van der Waals surface area (Å²) in [5.74, 6) is 1.53. The molecule has 2 N–H and O–H groups in total. The molecule has 0 saturated carbocycles. The highest BCUT2D eigenvalue weighted by Gasteiger charge is 2.09. The lowest BCUT2D eigenvalue weighted by molar-refractivity contribution is 0.353. The van der Waals surface area contributed by atoms with Gasteiger partial charge in [-0.15, -0.1) is 5.10 Å². The van der Waals surface area contributed by atoms with Crippen LogP contribution in [-0.2, 0) is 0 Å². The van der Waals surface area contributed by atoms with Gasteiger partial charge in [0.15, 0.2) is 11.5 Å². The Bertz CT molecular complexity index is 572. The summed E-state index contributed by atoms with van der Waals surface area (Å²) in [6.45, 7) is 0. The van der Waals surface area contributed by atoms with Gasteiger partial charge in [-0.1, -0.05) is 5.10 Å². The minimum atomic E-state index is 0.288. The Kier molecular flexibility index (Phi) is 4.29. The zero-order chi connectivity index (χ0) is 13.7. The van der Waals surface area contributed by atoms with E-state index in [1.807, 2.05) is 6.07 Å². The molecule has 0 radical (unpaired) electrons. The van der Waals surface area contributed by atoms with E-state index in [4.69, 9.17) is 9.47 Å². The van der Waals surface area contributed by atoms with Gasteiger partial charge in [0, 0.05) is 0 Å². The van der Waals surface area contributed by atoms with Crippen molar-refractivity contribution in [3.8, 4) is 11.5 Å². The number of nitrogens with one attached hydrogen (secondary N) is 2. The van der Waals surface area contributed by atoms with Gasteiger partial charge in [0.2, 0.25) is 0 Å². The molecule has 1 heterocycles. The molecule has 0 saturated heterocycles. The van der Waals surface area contributed by atoms with Crippen LogP contribution in [0.2, 0.25) is 0 Å². The van der Waals surface area contributed by atoms with Crippen LogP contribution in [0.3, 0.4) is 0 Å². The molecule has 100 valence electrons. The lowest BCUT2D eigenvalue weighted by Gasteiger charge is -2.10. The van der Waals surface area contributed by atoms with E-state index in [-0.39, 0.29) is 5.95 Å². The zero-order valence-electron chi connectivity index (χ0n) is 10.2. The summed E-state index contributed by atoms with van der Waals surface area (Å²) in [5.41, 5.74) is 3.44. The van der Waals surface area contributed by atoms with Crippen molar-refractivity contribution >= 4 is 28.1 Å². The van der Waals surface area contributed by atoms with Crippen molar-refractivity contribution in [2.75, 3.05) is 19.6 Å². The summed E-state index contributed by atoms with van der Waals surface area (Å²) in [4.78, 5) is 0. The summed E-state index contributed by atoms with van der Waals surface area (Å²) in [7, 11) is 3.15. The number of nitrogens with zero attached hydrogens (tertiary/aromatic N) is 4. The number of hydrogen-bond acceptors (Lipinski definition) is 7. The van der Waals surface area contributed by atoms with Crippen LogP contribution in [0, 0.1) is 0 Å². The van der Waals surface area contributed by atoms with Crippen molar-refractivity contribution in [1.29, 1.82) is 0 Å². The number of halogens is 1. The summed E-state index contributed by atoms with van der Waals surface area (Å²) in [6.07, 6.45) is 1.60. The summed E-state index contributed by atoms with van der Waals surface area (Å²) in [6, 6.07) is 3.65. The largest absolute Gasteiger partial charge is 0.493 e. The number of ether oxygens (including phenoxy) is 2. The van der Waals surface area contributed by atoms with Gasteiger partial charge in [-0.3, -0.25) is 0 Å². The number of aromatic nitrogens is 4. The number of benzene rings is 1. The highest BCUT2D eigenvalue weighted by molar-refractivity contribution is 9.10. The maximum absolute atomic E-state index is 5.23. The second-order valence-electron chi connectivity index (χ2n) is 3.34. The first-order valence-electron chi connectivity index (χ1n) is 5.18. The molecule has 8 nitrogen and oxygen atoms in total. The van der Waals surface area contributed by atoms with Crippen molar-refractivity contribution < 1.29 is 9.47 Å². The smallest absolute Gasteiger partial charge is 0.283 e. The lowest BCUT2D eigenvalue weighted by Crippen LogP contribution is -1.96. The lowest BCUT2D eigenvalue weighted by atomic mass is 10.2. The van der Waals surface area contributed by atoms with Crippen LogP contribution >= 0.6 is 15.9 Å². The number of hydrazone groups is 1. The van der Waals surface area contributed by atoms with Crippen LogP contribution in [0.1, 0.15) is 5.56 Å². The normalized spacial score (nSPS) is 10.7. The van der Waals surface area contributed by atoms with Gasteiger partial charge in [0.25, 0.3) is 5.95 Å². The van der Waals surface area contributed by atoms with Gasteiger partial charge in [-0.2, -0.15) is 10.3 Å². The van der Waals surface area contributed by atoms with Gasteiger partial charge in [-0.25, -0.2) is 5.43 Å². The van der Waals surface area contributed by atoms with E-state index in [1.54, 1.807) is 26.5 Å². The maximum atomic E-state index is 5.23. The first-order chi connectivity index (χ1) is 9.24. The van der Waals surface area contributed by atoms with E-state index in [0.717, 1.165) is 10.0 Å². The topological polar surface area (TPSA) is 97.3 Å². The highest BCUT2D eigenvalue weighted by Crippen LogP contribution is 2.35. The fourth-order valence-corrected chi connectivity index (χ4v) is 2.01. The first kappa shape index (κ1) is 13.3. The SMILES string of the molecule is COc1cc(/C=N/Nc2nn[nH]n2)cc(Br)c1OC. The van der Waals surface area contributed by atoms with Crippen molar-refractivity contribution in [2.45, 2.75) is 0 Å². The van der Waals surface area contributed by atoms with E-state index in [9.17, 15) is 0 Å². The van der Waals surface area contributed by atoms with E-state index in [2.05, 4.69) is 47.1 Å². The van der Waals surface area contributed by atoms with Crippen LogP contribution in [-0.4, -0.2) is 41.1 Å². The number of hydrogen-bond donors (Lipinski definition) is 2. The Labute approximate surface area is 117 Å². The average molecular weight is 327 g/mol. The standard InChI is InChI=1S/C10H11BrN6O2/c1-18-8-4-6(3-7(11)9(8)19-2)5-12-13-10-14-16-17-15-10/h3-5H,1-2H3,(H2,13,14,15,16,17)/b12-5+. The number of aromatic amines is 1. The molecule has 0 fully saturated rings. The summed E-state index contributed by atoms with van der Waals surface area (Å²) >= 11 is 3.40. The molecule has 0 amide bonds. The summed E-state index contributed by atoms with van der Waals surface area (Å²) in [5, 5.41) is 17.1. The molecule has 0 aliphatic rings. The summed E-state index contributed by atoms with van der Waals surface area (Å²) < 4.78 is 11.2. The highest BCUT2D eigenvalue weighted by atomic mass is 79.9. The minimum Gasteiger partial charge on any atom is -0.493 e. The Balaban J connectivity index is 2.16. The molecule has 0 spiro atoms. The van der Waals surface area contributed by atoms with Crippen LogP contribution < -0.4 is 14.9 Å². The maximum Gasteiger partial charge on any atom is 0.283 e. The van der Waals surface area contributed by atoms with Gasteiger partial charge in [-0.05, 0) is 38.8 Å². The first-order valence-corrected chi connectivity index (χ1v) is 5.98. The van der Waals surface area contributed by atoms with Gasteiger partial charge in [0.1, 0.15) is 0 Å². The number of tetrazole rings is 1. The number of methoxy groups -OCH3 is 2. The molecular formula is C10H11BrN6O2. The molecule has 1 aromatic carbocycles.